The minimum Gasteiger partial charge on any atom is -0.293 e. The molecule has 0 aliphatic heterocycles. The largest absolute Gasteiger partial charge is 0.293 e. The van der Waals surface area contributed by atoms with Crippen molar-refractivity contribution in [3.8, 4) is 11.1 Å². The lowest BCUT2D eigenvalue weighted by Gasteiger charge is -2.06. The number of thioether (sulfide) groups is 1. The Hall–Kier alpha value is -2.50. The van der Waals surface area contributed by atoms with E-state index in [9.17, 15) is 4.79 Å². The summed E-state index contributed by atoms with van der Waals surface area (Å²) in [6, 6.07) is 18.1. The van der Waals surface area contributed by atoms with E-state index in [4.69, 9.17) is 0 Å². The molecule has 0 atom stereocenters. The molecule has 0 saturated carbocycles. The van der Waals surface area contributed by atoms with Gasteiger partial charge in [-0.15, -0.1) is 11.3 Å². The summed E-state index contributed by atoms with van der Waals surface area (Å²) in [5, 5.41) is 2.14. The molecular weight excluding hydrogens is 396 g/mol. The van der Waals surface area contributed by atoms with Gasteiger partial charge in [-0.25, -0.2) is 9.97 Å². The Bertz CT molecular complexity index is 1200. The van der Waals surface area contributed by atoms with Crippen LogP contribution in [-0.2, 0) is 12.8 Å². The van der Waals surface area contributed by atoms with Crippen LogP contribution in [-0.4, -0.2) is 21.5 Å². The van der Waals surface area contributed by atoms with E-state index < -0.39 is 0 Å². The molecule has 2 aromatic heterocycles. The van der Waals surface area contributed by atoms with Crippen LogP contribution in [0, 0.1) is 6.92 Å². The summed E-state index contributed by atoms with van der Waals surface area (Å²) < 4.78 is 0. The Labute approximate surface area is 178 Å². The Morgan fingerprint density at radius 3 is 2.55 bits per heavy atom. The SMILES string of the molecule is Cc1nc(SCC(=O)c2ccc(-c3ccccc3)cc2)c2c3c(sc2n1)CCC3. The highest BCUT2D eigenvalue weighted by atomic mass is 32.2. The van der Waals surface area contributed by atoms with Gasteiger partial charge in [-0.2, -0.15) is 0 Å². The van der Waals surface area contributed by atoms with Gasteiger partial charge in [-0.1, -0.05) is 66.4 Å². The summed E-state index contributed by atoms with van der Waals surface area (Å²) in [6.07, 6.45) is 3.46. The number of Topliss-reactive ketones (excluding diaryl/α,β-unsaturated/α-hetero) is 1. The maximum Gasteiger partial charge on any atom is 0.173 e. The van der Waals surface area contributed by atoms with Crippen molar-refractivity contribution in [3.63, 3.8) is 0 Å². The molecule has 0 unspecified atom stereocenters. The second-order valence-corrected chi connectivity index (χ2v) is 9.32. The van der Waals surface area contributed by atoms with Crippen molar-refractivity contribution in [1.29, 1.82) is 0 Å². The molecule has 1 aliphatic rings. The lowest BCUT2D eigenvalue weighted by Crippen LogP contribution is -2.03. The quantitative estimate of drug-likeness (QED) is 0.223. The first kappa shape index (κ1) is 18.5. The number of hydrogen-bond donors (Lipinski definition) is 0. The monoisotopic (exact) mass is 416 g/mol. The maximum atomic E-state index is 12.8. The molecule has 4 aromatic rings. The molecule has 2 aromatic carbocycles. The predicted molar refractivity (Wildman–Crippen MR) is 121 cm³/mol. The van der Waals surface area contributed by atoms with Crippen LogP contribution in [0.3, 0.4) is 0 Å². The molecule has 0 bridgehead atoms. The summed E-state index contributed by atoms with van der Waals surface area (Å²) >= 11 is 3.34. The molecule has 0 saturated heterocycles. The van der Waals surface area contributed by atoms with Gasteiger partial charge in [-0.3, -0.25) is 4.79 Å². The van der Waals surface area contributed by atoms with Crippen molar-refractivity contribution in [1.82, 2.24) is 9.97 Å². The molecule has 3 nitrogen and oxygen atoms in total. The second-order valence-electron chi connectivity index (χ2n) is 7.27. The van der Waals surface area contributed by atoms with E-state index in [1.807, 2.05) is 49.4 Å². The number of rotatable bonds is 5. The van der Waals surface area contributed by atoms with Gasteiger partial charge in [0.25, 0.3) is 0 Å². The van der Waals surface area contributed by atoms with Crippen molar-refractivity contribution in [2.75, 3.05) is 5.75 Å². The van der Waals surface area contributed by atoms with E-state index >= 15 is 0 Å². The Morgan fingerprint density at radius 2 is 1.76 bits per heavy atom. The zero-order valence-electron chi connectivity index (χ0n) is 16.1. The molecule has 29 heavy (non-hydrogen) atoms. The van der Waals surface area contributed by atoms with Crippen LogP contribution in [0.25, 0.3) is 21.3 Å². The second kappa shape index (κ2) is 7.73. The number of carbonyl (C=O) groups is 1. The zero-order chi connectivity index (χ0) is 19.8. The molecule has 0 fully saturated rings. The van der Waals surface area contributed by atoms with Crippen LogP contribution in [0.2, 0.25) is 0 Å². The average molecular weight is 417 g/mol. The number of aromatic nitrogens is 2. The van der Waals surface area contributed by atoms with E-state index in [1.165, 1.54) is 22.2 Å². The highest BCUT2D eigenvalue weighted by molar-refractivity contribution is 8.00. The van der Waals surface area contributed by atoms with E-state index in [0.717, 1.165) is 45.2 Å². The third-order valence-electron chi connectivity index (χ3n) is 5.30. The molecule has 2 heterocycles. The molecule has 0 amide bonds. The highest BCUT2D eigenvalue weighted by Gasteiger charge is 2.22. The minimum atomic E-state index is 0.130. The van der Waals surface area contributed by atoms with Gasteiger partial charge in [0.2, 0.25) is 0 Å². The lowest BCUT2D eigenvalue weighted by molar-refractivity contribution is 0.102. The fourth-order valence-corrected chi connectivity index (χ4v) is 6.23. The minimum absolute atomic E-state index is 0.130. The Morgan fingerprint density at radius 1 is 1.00 bits per heavy atom. The Kier molecular flexibility index (Phi) is 4.94. The molecule has 5 heteroatoms. The van der Waals surface area contributed by atoms with Crippen molar-refractivity contribution >= 4 is 39.1 Å². The Balaban J connectivity index is 1.36. The molecule has 0 radical (unpaired) electrons. The van der Waals surface area contributed by atoms with Gasteiger partial charge < -0.3 is 0 Å². The normalized spacial score (nSPS) is 13.0. The molecular formula is C24H20N2OS2. The van der Waals surface area contributed by atoms with E-state index in [1.54, 1.807) is 23.1 Å². The molecule has 0 spiro atoms. The van der Waals surface area contributed by atoms with Crippen LogP contribution >= 0.6 is 23.1 Å². The summed E-state index contributed by atoms with van der Waals surface area (Å²) in [4.78, 5) is 24.6. The predicted octanol–water partition coefficient (Wildman–Crippen LogP) is 6.13. The first-order chi connectivity index (χ1) is 14.2. The summed E-state index contributed by atoms with van der Waals surface area (Å²) in [7, 11) is 0. The smallest absolute Gasteiger partial charge is 0.173 e. The van der Waals surface area contributed by atoms with Gasteiger partial charge in [-0.05, 0) is 42.9 Å². The zero-order valence-corrected chi connectivity index (χ0v) is 17.8. The van der Waals surface area contributed by atoms with Crippen molar-refractivity contribution < 1.29 is 4.79 Å². The summed E-state index contributed by atoms with van der Waals surface area (Å²) in [6.45, 7) is 1.93. The van der Waals surface area contributed by atoms with Gasteiger partial charge >= 0.3 is 0 Å². The maximum absolute atomic E-state index is 12.8. The number of fused-ring (bicyclic) bond motifs is 3. The van der Waals surface area contributed by atoms with E-state index in [0.29, 0.717) is 5.75 Å². The van der Waals surface area contributed by atoms with Crippen LogP contribution in [0.5, 0.6) is 0 Å². The number of hydrogen-bond acceptors (Lipinski definition) is 5. The molecule has 5 rings (SSSR count). The fourth-order valence-electron chi connectivity index (χ4n) is 3.86. The number of carbonyl (C=O) groups excluding carboxylic acids is 1. The number of nitrogens with zero attached hydrogens (tertiary/aromatic N) is 2. The van der Waals surface area contributed by atoms with E-state index in [-0.39, 0.29) is 5.78 Å². The summed E-state index contributed by atoms with van der Waals surface area (Å²) in [5.74, 6) is 1.30. The summed E-state index contributed by atoms with van der Waals surface area (Å²) in [5.41, 5.74) is 4.43. The van der Waals surface area contributed by atoms with E-state index in [2.05, 4.69) is 22.1 Å². The number of aryl methyl sites for hydroxylation is 3. The molecule has 0 N–H and O–H groups in total. The standard InChI is InChI=1S/C24H20N2OS2/c1-15-25-23(22-19-8-5-9-21(19)29-24(22)26-15)28-14-20(27)18-12-10-17(11-13-18)16-6-3-2-4-7-16/h2-4,6-7,10-13H,5,8-9,14H2,1H3. The number of ketones is 1. The average Bonchev–Trinajstić information content (AvgIpc) is 3.33. The fraction of sp³-hybridized carbons (Fsp3) is 0.208. The van der Waals surface area contributed by atoms with Gasteiger partial charge in [0.15, 0.2) is 5.78 Å². The van der Waals surface area contributed by atoms with Crippen LogP contribution in [0.15, 0.2) is 59.6 Å². The van der Waals surface area contributed by atoms with Crippen molar-refractivity contribution in [2.24, 2.45) is 0 Å². The van der Waals surface area contributed by atoms with Gasteiger partial charge in [0.05, 0.1) is 5.75 Å². The van der Waals surface area contributed by atoms with Gasteiger partial charge in [0, 0.05) is 15.8 Å². The topological polar surface area (TPSA) is 42.9 Å². The van der Waals surface area contributed by atoms with Crippen LogP contribution in [0.1, 0.15) is 33.0 Å². The van der Waals surface area contributed by atoms with Crippen LogP contribution < -0.4 is 0 Å². The number of thiophene rings is 1. The molecule has 144 valence electrons. The number of benzene rings is 2. The van der Waals surface area contributed by atoms with Gasteiger partial charge in [0.1, 0.15) is 15.7 Å². The van der Waals surface area contributed by atoms with Crippen LogP contribution in [0.4, 0.5) is 0 Å². The van der Waals surface area contributed by atoms with Crippen molar-refractivity contribution in [3.05, 3.63) is 76.4 Å². The first-order valence-electron chi connectivity index (χ1n) is 9.79. The first-order valence-corrected chi connectivity index (χ1v) is 11.6. The molecule has 1 aliphatic carbocycles. The third kappa shape index (κ3) is 3.61. The highest BCUT2D eigenvalue weighted by Crippen LogP contribution is 2.40. The van der Waals surface area contributed by atoms with Crippen molar-refractivity contribution in [2.45, 2.75) is 31.2 Å². The lowest BCUT2D eigenvalue weighted by atomic mass is 10.0. The third-order valence-corrected chi connectivity index (χ3v) is 7.46.